The van der Waals surface area contributed by atoms with Crippen molar-refractivity contribution in [1.29, 1.82) is 0 Å². The molecule has 246 valence electrons. The van der Waals surface area contributed by atoms with Gasteiger partial charge in [-0.2, -0.15) is 0 Å². The number of rotatable bonds is 11. The van der Waals surface area contributed by atoms with E-state index in [0.29, 0.717) is 25.8 Å². The molecule has 0 aromatic carbocycles. The van der Waals surface area contributed by atoms with E-state index in [9.17, 15) is 9.59 Å². The molecule has 4 N–H and O–H groups in total. The van der Waals surface area contributed by atoms with Gasteiger partial charge in [0.1, 0.15) is 0 Å². The molecule has 3 aromatic heterocycles. The van der Waals surface area contributed by atoms with Crippen LogP contribution in [0.4, 0.5) is 0 Å². The summed E-state index contributed by atoms with van der Waals surface area (Å²) in [5, 5.41) is 12.1. The molecule has 0 unspecified atom stereocenters. The molecule has 8 bridgehead atoms. The molecule has 0 fully saturated rings. The van der Waals surface area contributed by atoms with E-state index in [-0.39, 0.29) is 30.1 Å². The fourth-order valence-corrected chi connectivity index (χ4v) is 7.62. The van der Waals surface area contributed by atoms with Crippen molar-refractivity contribution in [2.75, 3.05) is 13.2 Å². The Hall–Kier alpha value is -4.30. The van der Waals surface area contributed by atoms with E-state index < -0.39 is 0 Å². The van der Waals surface area contributed by atoms with E-state index in [0.717, 1.165) is 110 Å². The number of carbonyl (C=O) groups is 2. The molecular formula is C39H47N5O3. The van der Waals surface area contributed by atoms with Crippen LogP contribution >= 0.6 is 0 Å². The third-order valence-corrected chi connectivity index (χ3v) is 10.4. The number of allylic oxidation sites excluding steroid dienone is 2. The number of hydrogen-bond donors (Lipinski definition) is 4. The zero-order valence-corrected chi connectivity index (χ0v) is 28.4. The molecule has 0 radical (unpaired) electrons. The lowest BCUT2D eigenvalue weighted by Gasteiger charge is -2.17. The molecule has 8 nitrogen and oxygen atoms in total. The first kappa shape index (κ1) is 32.6. The van der Waals surface area contributed by atoms with E-state index >= 15 is 0 Å². The Morgan fingerprint density at radius 1 is 1.02 bits per heavy atom. The molecule has 1 aliphatic carbocycles. The van der Waals surface area contributed by atoms with Crippen molar-refractivity contribution >= 4 is 51.0 Å². The number of aryl methyl sites for hydroxylation is 2. The van der Waals surface area contributed by atoms with Gasteiger partial charge in [-0.05, 0) is 86.9 Å². The Balaban J connectivity index is 1.50. The smallest absolute Gasteiger partial charge is 0.220 e. The highest BCUT2D eigenvalue weighted by Crippen LogP contribution is 2.44. The van der Waals surface area contributed by atoms with Crippen LogP contribution in [0.3, 0.4) is 0 Å². The van der Waals surface area contributed by atoms with Crippen molar-refractivity contribution in [2.45, 2.75) is 97.8 Å². The minimum Gasteiger partial charge on any atom is -0.396 e. The van der Waals surface area contributed by atoms with E-state index in [1.54, 1.807) is 0 Å². The average molecular weight is 634 g/mol. The zero-order valence-electron chi connectivity index (χ0n) is 28.4. The summed E-state index contributed by atoms with van der Waals surface area (Å²) in [6.07, 6.45) is 7.73. The Morgan fingerprint density at radius 2 is 1.77 bits per heavy atom. The van der Waals surface area contributed by atoms with E-state index in [4.69, 9.17) is 15.1 Å². The number of fused-ring (bicyclic) bond motifs is 8. The van der Waals surface area contributed by atoms with Crippen LogP contribution in [0.5, 0.6) is 0 Å². The first-order valence-electron chi connectivity index (χ1n) is 17.2. The predicted molar refractivity (Wildman–Crippen MR) is 190 cm³/mol. The van der Waals surface area contributed by atoms with Crippen LogP contribution in [0.15, 0.2) is 24.8 Å². The summed E-state index contributed by atoms with van der Waals surface area (Å²) in [5.74, 6) is 0.184. The third-order valence-electron chi connectivity index (χ3n) is 10.4. The van der Waals surface area contributed by atoms with Crippen LogP contribution in [0.2, 0.25) is 0 Å². The molecular weight excluding hydrogens is 586 g/mol. The second-order valence-electron chi connectivity index (χ2n) is 13.3. The number of aromatic amines is 2. The minimum absolute atomic E-state index is 0.00887. The summed E-state index contributed by atoms with van der Waals surface area (Å²) in [6, 6.07) is 6.33. The highest BCUT2D eigenvalue weighted by atomic mass is 16.3. The molecule has 3 aliphatic rings. The van der Waals surface area contributed by atoms with Crippen LogP contribution < -0.4 is 5.32 Å². The fraction of sp³-hybridized carbons (Fsp3) is 0.436. The first-order valence-corrected chi connectivity index (χ1v) is 17.2. The topological polar surface area (TPSA) is 124 Å². The highest BCUT2D eigenvalue weighted by Gasteiger charge is 2.36. The standard InChI is InChI=1S/C39H47N5O3/c1-7-25-21(3)29-18-31-23(5)27(13-14-36(47)40-15-11-9-10-12-16-45)38(43-31)28-17-35(46)37-24(6)32(44-39(28)37)20-34-26(8-2)22(4)30(42-34)19-33(25)41-29/h7,18-20,23,27,41,44-45H,1,8-17H2,2-6H3,(H,40,47)/t23-,27-/m0/s1. The molecule has 2 atom stereocenters. The molecule has 47 heavy (non-hydrogen) atoms. The van der Waals surface area contributed by atoms with Crippen molar-refractivity contribution in [1.82, 2.24) is 25.3 Å². The van der Waals surface area contributed by atoms with Gasteiger partial charge in [0.2, 0.25) is 5.91 Å². The van der Waals surface area contributed by atoms with Crippen LogP contribution in [0.25, 0.3) is 39.3 Å². The zero-order chi connectivity index (χ0) is 33.4. The maximum atomic E-state index is 13.6. The van der Waals surface area contributed by atoms with E-state index in [1.165, 1.54) is 5.57 Å². The fourth-order valence-electron chi connectivity index (χ4n) is 7.62. The van der Waals surface area contributed by atoms with Crippen molar-refractivity contribution in [3.8, 4) is 0 Å². The Kier molecular flexibility index (Phi) is 9.33. The SMILES string of the molecule is C=Cc1c(C)c2cc3nc(c4c5[nH]c(cc6nc(cc1[nH]2)C(C)=C6CC)c(C)c5C(=O)C4)[C@@H](CCC(=O)NCCCCCCO)[C@@H]3C. The summed E-state index contributed by atoms with van der Waals surface area (Å²) < 4.78 is 0. The van der Waals surface area contributed by atoms with Gasteiger partial charge in [0.25, 0.3) is 0 Å². The molecule has 1 amide bonds. The number of nitrogens with zero attached hydrogens (tertiary/aromatic N) is 2. The lowest BCUT2D eigenvalue weighted by Crippen LogP contribution is -2.24. The second-order valence-corrected chi connectivity index (χ2v) is 13.3. The molecule has 3 aromatic rings. The number of carbonyl (C=O) groups excluding carboxylic acids is 2. The number of hydrogen-bond acceptors (Lipinski definition) is 5. The van der Waals surface area contributed by atoms with E-state index in [1.807, 2.05) is 13.0 Å². The summed E-state index contributed by atoms with van der Waals surface area (Å²) >= 11 is 0. The lowest BCUT2D eigenvalue weighted by atomic mass is 9.85. The number of aliphatic hydroxyl groups excluding tert-OH is 1. The third kappa shape index (κ3) is 6.00. The number of amides is 1. The molecule has 8 heteroatoms. The Bertz CT molecular complexity index is 1960. The lowest BCUT2D eigenvalue weighted by molar-refractivity contribution is -0.121. The normalized spacial score (nSPS) is 17.1. The van der Waals surface area contributed by atoms with Crippen molar-refractivity contribution in [3.05, 3.63) is 75.4 Å². The first-order chi connectivity index (χ1) is 22.7. The van der Waals surface area contributed by atoms with Crippen LogP contribution in [-0.4, -0.2) is 49.9 Å². The molecule has 6 rings (SSSR count). The number of aromatic nitrogens is 4. The minimum atomic E-state index is -0.00887. The van der Waals surface area contributed by atoms with Crippen LogP contribution in [-0.2, 0) is 11.2 Å². The number of unbranched alkanes of at least 4 members (excludes halogenated alkanes) is 3. The number of H-pyrrole nitrogens is 2. The summed E-state index contributed by atoms with van der Waals surface area (Å²) in [7, 11) is 0. The van der Waals surface area contributed by atoms with Crippen LogP contribution in [0, 0.1) is 13.8 Å². The maximum Gasteiger partial charge on any atom is 0.220 e. The van der Waals surface area contributed by atoms with Crippen molar-refractivity contribution in [3.63, 3.8) is 0 Å². The summed E-state index contributed by atoms with van der Waals surface area (Å²) in [5.41, 5.74) is 14.5. The van der Waals surface area contributed by atoms with Gasteiger partial charge in [-0.15, -0.1) is 0 Å². The quantitative estimate of drug-likeness (QED) is 0.159. The average Bonchev–Trinajstić information content (AvgIpc) is 3.80. The van der Waals surface area contributed by atoms with Gasteiger partial charge in [-0.3, -0.25) is 14.6 Å². The van der Waals surface area contributed by atoms with Gasteiger partial charge in [-0.25, -0.2) is 4.98 Å². The predicted octanol–water partition coefficient (Wildman–Crippen LogP) is 7.99. The number of Topliss-reactive ketones (excluding diaryl/α,β-unsaturated/α-hetero) is 1. The van der Waals surface area contributed by atoms with Crippen molar-refractivity contribution < 1.29 is 14.7 Å². The largest absolute Gasteiger partial charge is 0.396 e. The molecule has 0 spiro atoms. The summed E-state index contributed by atoms with van der Waals surface area (Å²) in [6.45, 7) is 15.5. The van der Waals surface area contributed by atoms with Gasteiger partial charge in [0, 0.05) is 76.8 Å². The number of ketones is 1. The van der Waals surface area contributed by atoms with Gasteiger partial charge >= 0.3 is 0 Å². The molecule has 0 saturated carbocycles. The van der Waals surface area contributed by atoms with Crippen LogP contribution in [0.1, 0.15) is 133 Å². The number of aliphatic hydroxyl groups is 1. The van der Waals surface area contributed by atoms with E-state index in [2.05, 4.69) is 67.8 Å². The highest BCUT2D eigenvalue weighted by molar-refractivity contribution is 6.13. The van der Waals surface area contributed by atoms with Gasteiger partial charge in [-0.1, -0.05) is 39.3 Å². The van der Waals surface area contributed by atoms with Gasteiger partial charge in [0.15, 0.2) is 5.78 Å². The second kappa shape index (κ2) is 13.4. The monoisotopic (exact) mass is 633 g/mol. The molecule has 0 saturated heterocycles. The molecule has 2 aliphatic heterocycles. The molecule has 5 heterocycles. The Morgan fingerprint density at radius 3 is 2.51 bits per heavy atom. The maximum absolute atomic E-state index is 13.6. The van der Waals surface area contributed by atoms with Crippen molar-refractivity contribution in [2.24, 2.45) is 0 Å². The summed E-state index contributed by atoms with van der Waals surface area (Å²) in [4.78, 5) is 44.2. The van der Waals surface area contributed by atoms with Gasteiger partial charge < -0.3 is 20.4 Å². The number of nitrogens with one attached hydrogen (secondary N) is 3. The Labute approximate surface area is 276 Å². The van der Waals surface area contributed by atoms with Gasteiger partial charge in [0.05, 0.1) is 22.6 Å².